The minimum atomic E-state index is 0.167. The molecular formula is C19H32O3. The number of phenols is 1. The fraction of sp³-hybridized carbons (Fsp3) is 0.579. The number of unbranched alkanes of at least 4 members (excludes halogenated alkanes) is 6. The van der Waals surface area contributed by atoms with Gasteiger partial charge in [-0.05, 0) is 38.3 Å². The van der Waals surface area contributed by atoms with Gasteiger partial charge in [0.05, 0.1) is 0 Å². The highest BCUT2D eigenvalue weighted by Crippen LogP contribution is 2.18. The third-order valence-corrected chi connectivity index (χ3v) is 3.04. The lowest BCUT2D eigenvalue weighted by Crippen LogP contribution is -1.87. The summed E-state index contributed by atoms with van der Waals surface area (Å²) in [6.07, 6.45) is 10.3. The number of hydrogen-bond donors (Lipinski definition) is 1. The van der Waals surface area contributed by atoms with Gasteiger partial charge in [0.25, 0.3) is 0 Å². The zero-order valence-electron chi connectivity index (χ0n) is 14.4. The Kier molecular flexibility index (Phi) is 17.9. The fourth-order valence-corrected chi connectivity index (χ4v) is 1.99. The van der Waals surface area contributed by atoms with Gasteiger partial charge in [-0.1, -0.05) is 63.6 Å². The number of Topliss-reactive ketones (excluding diaryl/α,β-unsaturated/α-hetero) is 1. The molecule has 0 aromatic heterocycles. The monoisotopic (exact) mass is 308 g/mol. The number of benzene rings is 1. The van der Waals surface area contributed by atoms with Crippen molar-refractivity contribution in [2.75, 3.05) is 0 Å². The first kappa shape index (κ1) is 22.6. The van der Waals surface area contributed by atoms with Crippen LogP contribution in [-0.4, -0.2) is 17.7 Å². The molecule has 0 saturated carbocycles. The molecule has 22 heavy (non-hydrogen) atoms. The molecule has 0 saturated heterocycles. The summed E-state index contributed by atoms with van der Waals surface area (Å²) in [5.41, 5.74) is 1.09. The predicted molar refractivity (Wildman–Crippen MR) is 93.3 cm³/mol. The van der Waals surface area contributed by atoms with E-state index in [4.69, 9.17) is 4.79 Å². The number of hydrogen-bond acceptors (Lipinski definition) is 3. The van der Waals surface area contributed by atoms with Crippen LogP contribution in [0.1, 0.15) is 71.3 Å². The third-order valence-electron chi connectivity index (χ3n) is 3.04. The molecule has 1 N–H and O–H groups in total. The molecule has 126 valence electrons. The number of phenolic OH excluding ortho intramolecular Hbond substituents is 1. The third kappa shape index (κ3) is 16.4. The van der Waals surface area contributed by atoms with Gasteiger partial charge in [-0.25, -0.2) is 0 Å². The van der Waals surface area contributed by atoms with E-state index < -0.39 is 0 Å². The van der Waals surface area contributed by atoms with Gasteiger partial charge < -0.3 is 14.7 Å². The first-order valence-corrected chi connectivity index (χ1v) is 8.10. The average Bonchev–Trinajstić information content (AvgIpc) is 2.49. The molecule has 0 aliphatic heterocycles. The molecule has 0 aliphatic carbocycles. The molecule has 0 aliphatic rings. The van der Waals surface area contributed by atoms with Crippen molar-refractivity contribution in [3.05, 3.63) is 29.8 Å². The molecule has 0 unspecified atom stereocenters. The largest absolute Gasteiger partial charge is 0.508 e. The highest BCUT2D eigenvalue weighted by molar-refractivity contribution is 5.72. The second-order valence-electron chi connectivity index (χ2n) is 5.41. The standard InChI is InChI=1S/C15H24O.C3H6O.CH2O/c1-2-3-4-5-6-7-8-11-14-12-9-10-13-15(14)16;1-3(2)4;1-2/h9-10,12-13,16H,2-8,11H2,1H3;1-2H3;1H2. The Morgan fingerprint density at radius 2 is 1.41 bits per heavy atom. The Balaban J connectivity index is 0. The molecule has 3 nitrogen and oxygen atoms in total. The van der Waals surface area contributed by atoms with Crippen LogP contribution in [-0.2, 0) is 16.0 Å². The van der Waals surface area contributed by atoms with Crippen LogP contribution in [0.15, 0.2) is 24.3 Å². The second-order valence-corrected chi connectivity index (χ2v) is 5.41. The summed E-state index contributed by atoms with van der Waals surface area (Å²) in [6.45, 7) is 7.30. The number of aromatic hydroxyl groups is 1. The summed E-state index contributed by atoms with van der Waals surface area (Å²) >= 11 is 0. The summed E-state index contributed by atoms with van der Waals surface area (Å²) < 4.78 is 0. The summed E-state index contributed by atoms with van der Waals surface area (Å²) in [5.74, 6) is 0.619. The Labute approximate surface area is 135 Å². The number of ketones is 1. The van der Waals surface area contributed by atoms with E-state index in [0.717, 1.165) is 12.0 Å². The van der Waals surface area contributed by atoms with Gasteiger partial charge >= 0.3 is 0 Å². The molecule has 0 fully saturated rings. The maximum atomic E-state index is 9.58. The van der Waals surface area contributed by atoms with E-state index in [1.165, 1.54) is 58.8 Å². The number of rotatable bonds is 8. The minimum absolute atomic E-state index is 0.167. The van der Waals surface area contributed by atoms with Crippen molar-refractivity contribution < 1.29 is 14.7 Å². The van der Waals surface area contributed by atoms with Gasteiger partial charge in [0.2, 0.25) is 0 Å². The lowest BCUT2D eigenvalue weighted by atomic mass is 10.0. The highest BCUT2D eigenvalue weighted by Gasteiger charge is 1.98. The Bertz CT molecular complexity index is 371. The number of carbonyl (C=O) groups excluding carboxylic acids is 2. The summed E-state index contributed by atoms with van der Waals surface area (Å²) in [4.78, 5) is 17.4. The van der Waals surface area contributed by atoms with Crippen LogP contribution in [0.5, 0.6) is 5.75 Å². The van der Waals surface area contributed by atoms with Gasteiger partial charge in [-0.2, -0.15) is 0 Å². The van der Waals surface area contributed by atoms with Crippen molar-refractivity contribution in [2.24, 2.45) is 0 Å². The Morgan fingerprint density at radius 1 is 0.955 bits per heavy atom. The van der Waals surface area contributed by atoms with Crippen molar-refractivity contribution in [2.45, 2.75) is 72.1 Å². The van der Waals surface area contributed by atoms with E-state index >= 15 is 0 Å². The van der Waals surface area contributed by atoms with Crippen LogP contribution in [0.3, 0.4) is 0 Å². The van der Waals surface area contributed by atoms with Gasteiger partial charge in [-0.3, -0.25) is 0 Å². The fourth-order valence-electron chi connectivity index (χ4n) is 1.99. The number of para-hydroxylation sites is 1. The zero-order valence-corrected chi connectivity index (χ0v) is 14.4. The lowest BCUT2D eigenvalue weighted by Gasteiger charge is -2.04. The molecule has 0 bridgehead atoms. The van der Waals surface area contributed by atoms with E-state index in [-0.39, 0.29) is 5.78 Å². The number of aryl methyl sites for hydroxylation is 1. The topological polar surface area (TPSA) is 54.4 Å². The average molecular weight is 308 g/mol. The van der Waals surface area contributed by atoms with E-state index in [0.29, 0.717) is 5.75 Å². The van der Waals surface area contributed by atoms with Gasteiger partial charge in [0.1, 0.15) is 18.3 Å². The van der Waals surface area contributed by atoms with Gasteiger partial charge in [0.15, 0.2) is 0 Å². The van der Waals surface area contributed by atoms with Crippen LogP contribution in [0, 0.1) is 0 Å². The van der Waals surface area contributed by atoms with Crippen LogP contribution >= 0.6 is 0 Å². The van der Waals surface area contributed by atoms with Crippen molar-refractivity contribution in [3.63, 3.8) is 0 Å². The molecule has 0 spiro atoms. The lowest BCUT2D eigenvalue weighted by molar-refractivity contribution is -0.115. The van der Waals surface area contributed by atoms with E-state index in [1.807, 2.05) is 25.0 Å². The first-order valence-electron chi connectivity index (χ1n) is 8.10. The molecule has 1 rings (SSSR count). The van der Waals surface area contributed by atoms with E-state index in [9.17, 15) is 9.90 Å². The van der Waals surface area contributed by atoms with Crippen molar-refractivity contribution in [3.8, 4) is 5.75 Å². The van der Waals surface area contributed by atoms with Crippen molar-refractivity contribution in [1.82, 2.24) is 0 Å². The van der Waals surface area contributed by atoms with Gasteiger partial charge in [-0.15, -0.1) is 0 Å². The predicted octanol–water partition coefficient (Wildman–Crippen LogP) is 5.10. The minimum Gasteiger partial charge on any atom is -0.508 e. The Morgan fingerprint density at radius 3 is 1.91 bits per heavy atom. The summed E-state index contributed by atoms with van der Waals surface area (Å²) in [5, 5.41) is 9.58. The normalized spacial score (nSPS) is 9.05. The quantitative estimate of drug-likeness (QED) is 0.680. The maximum Gasteiger partial charge on any atom is 0.126 e. The van der Waals surface area contributed by atoms with Crippen LogP contribution in [0.2, 0.25) is 0 Å². The molecular weight excluding hydrogens is 276 g/mol. The van der Waals surface area contributed by atoms with Gasteiger partial charge in [0, 0.05) is 0 Å². The van der Waals surface area contributed by atoms with Crippen molar-refractivity contribution >= 4 is 12.6 Å². The van der Waals surface area contributed by atoms with Crippen LogP contribution in [0.25, 0.3) is 0 Å². The highest BCUT2D eigenvalue weighted by atomic mass is 16.3. The molecule has 0 heterocycles. The second kappa shape index (κ2) is 17.4. The molecule has 0 atom stereocenters. The Hall–Kier alpha value is -1.64. The number of carbonyl (C=O) groups is 2. The molecule has 1 aromatic carbocycles. The molecule has 0 radical (unpaired) electrons. The van der Waals surface area contributed by atoms with E-state index in [1.54, 1.807) is 6.07 Å². The first-order chi connectivity index (χ1) is 10.6. The smallest absolute Gasteiger partial charge is 0.126 e. The molecule has 1 aromatic rings. The summed E-state index contributed by atoms with van der Waals surface area (Å²) in [7, 11) is 0. The zero-order chi connectivity index (χ0) is 17.2. The van der Waals surface area contributed by atoms with Crippen LogP contribution in [0.4, 0.5) is 0 Å². The van der Waals surface area contributed by atoms with E-state index in [2.05, 4.69) is 6.92 Å². The molecule has 3 heteroatoms. The SMILES string of the molecule is C=O.CC(C)=O.CCCCCCCCCc1ccccc1O. The summed E-state index contributed by atoms with van der Waals surface area (Å²) in [6, 6.07) is 7.67. The van der Waals surface area contributed by atoms with Crippen LogP contribution < -0.4 is 0 Å². The molecule has 0 amide bonds. The van der Waals surface area contributed by atoms with Crippen molar-refractivity contribution in [1.29, 1.82) is 0 Å². The maximum absolute atomic E-state index is 9.58.